The van der Waals surface area contributed by atoms with Gasteiger partial charge in [0.25, 0.3) is 0 Å². The summed E-state index contributed by atoms with van der Waals surface area (Å²) in [5.41, 5.74) is 5.90. The van der Waals surface area contributed by atoms with E-state index in [1.165, 1.54) is 22.3 Å². The predicted octanol–water partition coefficient (Wildman–Crippen LogP) is 9.87. The second kappa shape index (κ2) is 23.6. The number of aliphatic imine (C=N–C) groups is 4. The van der Waals surface area contributed by atoms with Crippen molar-refractivity contribution < 1.29 is 0 Å². The highest BCUT2D eigenvalue weighted by molar-refractivity contribution is 7.99. The highest BCUT2D eigenvalue weighted by Gasteiger charge is 2.12. The fraction of sp³-hybridized carbons (Fsp3) is 0.381. The zero-order chi connectivity index (χ0) is 34.3. The molecule has 0 fully saturated rings. The van der Waals surface area contributed by atoms with Crippen LogP contribution in [-0.2, 0) is 23.0 Å². The molecule has 0 N–H and O–H groups in total. The molecule has 0 atom stereocenters. The molecule has 0 radical (unpaired) electrons. The van der Waals surface area contributed by atoms with Gasteiger partial charge >= 0.3 is 0 Å². The van der Waals surface area contributed by atoms with E-state index in [2.05, 4.69) is 134 Å². The number of benzene rings is 1. The van der Waals surface area contributed by atoms with Crippen molar-refractivity contribution in [2.45, 2.75) is 23.0 Å². The van der Waals surface area contributed by atoms with Crippen molar-refractivity contribution in [2.24, 2.45) is 43.6 Å². The van der Waals surface area contributed by atoms with Crippen molar-refractivity contribution in [3.63, 3.8) is 0 Å². The van der Waals surface area contributed by atoms with Crippen molar-refractivity contribution >= 4 is 71.9 Å². The molecule has 8 heteroatoms. The average molecular weight is 739 g/mol. The zero-order valence-electron chi connectivity index (χ0n) is 28.9. The van der Waals surface area contributed by atoms with E-state index in [0.717, 1.165) is 72.2 Å². The molecule has 262 valence electrons. The Morgan fingerprint density at radius 1 is 0.360 bits per heavy atom. The van der Waals surface area contributed by atoms with Gasteiger partial charge in [0.1, 0.15) is 0 Å². The fourth-order valence-electron chi connectivity index (χ4n) is 5.51. The molecule has 5 rings (SSSR count). The zero-order valence-corrected chi connectivity index (χ0v) is 32.2. The molecule has 0 heterocycles. The largest absolute Gasteiger partial charge is 0.296 e. The summed E-state index contributed by atoms with van der Waals surface area (Å²) in [6.07, 6.45) is 42.5. The Balaban J connectivity index is 1.19. The monoisotopic (exact) mass is 738 g/mol. The van der Waals surface area contributed by atoms with Crippen LogP contribution in [0.2, 0.25) is 0 Å². The van der Waals surface area contributed by atoms with Gasteiger partial charge in [-0.1, -0.05) is 109 Å². The van der Waals surface area contributed by atoms with Crippen LogP contribution >= 0.6 is 47.0 Å². The summed E-state index contributed by atoms with van der Waals surface area (Å²) < 4.78 is 0. The highest BCUT2D eigenvalue weighted by Crippen LogP contribution is 2.30. The van der Waals surface area contributed by atoms with Gasteiger partial charge < -0.3 is 0 Å². The summed E-state index contributed by atoms with van der Waals surface area (Å²) in [5.74, 6) is 9.63. The van der Waals surface area contributed by atoms with Crippen LogP contribution in [0.4, 0.5) is 0 Å². The van der Waals surface area contributed by atoms with Gasteiger partial charge in [-0.15, -0.1) is 0 Å². The molecule has 1 aromatic carbocycles. The van der Waals surface area contributed by atoms with Gasteiger partial charge in [-0.05, 0) is 22.3 Å². The second-order valence-corrected chi connectivity index (χ2v) is 16.6. The third kappa shape index (κ3) is 14.8. The number of allylic oxidation sites excluding steroid dienone is 16. The molecule has 0 saturated heterocycles. The Hall–Kier alpha value is -2.78. The first-order chi connectivity index (χ1) is 24.8. The maximum atomic E-state index is 4.70. The second-order valence-electron chi connectivity index (χ2n) is 12.2. The standard InChI is InChI=1S/C42H50N4S4/c1-2-10-35(9-1)27-43-17-21-47-31-39-25-41(33-49-23-19-45-29-37-13-5-6-14-37)42(34-50-24-20-46-30-38-15-7-8-16-38)26-40(39)32-48-22-18-44-28-36-11-3-4-12-36/h1-16,25-30,35-38H,17-24,31-34H2. The number of rotatable bonds is 24. The lowest BCUT2D eigenvalue weighted by Gasteiger charge is -2.17. The molecule has 50 heavy (non-hydrogen) atoms. The van der Waals surface area contributed by atoms with E-state index in [1.54, 1.807) is 0 Å². The molecule has 0 aromatic heterocycles. The van der Waals surface area contributed by atoms with Crippen LogP contribution in [0.15, 0.2) is 129 Å². The van der Waals surface area contributed by atoms with Gasteiger partial charge in [0.2, 0.25) is 0 Å². The number of hydrogen-bond donors (Lipinski definition) is 0. The van der Waals surface area contributed by atoms with Gasteiger partial charge in [0.05, 0.1) is 0 Å². The summed E-state index contributed by atoms with van der Waals surface area (Å²) in [6.45, 7) is 3.43. The number of thioether (sulfide) groups is 4. The molecule has 4 aliphatic carbocycles. The summed E-state index contributed by atoms with van der Waals surface area (Å²) in [6, 6.07) is 5.04. The highest BCUT2D eigenvalue weighted by atomic mass is 32.2. The summed E-state index contributed by atoms with van der Waals surface area (Å²) in [5, 5.41) is 0. The van der Waals surface area contributed by atoms with Crippen LogP contribution in [-0.4, -0.2) is 74.0 Å². The molecule has 0 saturated carbocycles. The van der Waals surface area contributed by atoms with Crippen LogP contribution in [0.1, 0.15) is 22.3 Å². The minimum atomic E-state index is 0.361. The van der Waals surface area contributed by atoms with Crippen molar-refractivity contribution in [3.8, 4) is 0 Å². The predicted molar refractivity (Wildman–Crippen MR) is 232 cm³/mol. The third-order valence-electron chi connectivity index (χ3n) is 8.23. The summed E-state index contributed by atoms with van der Waals surface area (Å²) in [4.78, 5) is 18.8. The van der Waals surface area contributed by atoms with E-state index in [4.69, 9.17) is 20.0 Å². The topological polar surface area (TPSA) is 49.4 Å². The van der Waals surface area contributed by atoms with Gasteiger partial charge in [0.15, 0.2) is 0 Å². The lowest BCUT2D eigenvalue weighted by Crippen LogP contribution is -2.02. The normalized spacial score (nSPS) is 17.6. The molecular formula is C42H50N4S4. The maximum Gasteiger partial charge on any atom is 0.0476 e. The van der Waals surface area contributed by atoms with Crippen LogP contribution < -0.4 is 0 Å². The molecule has 4 nitrogen and oxygen atoms in total. The van der Waals surface area contributed by atoms with E-state index >= 15 is 0 Å². The molecular weight excluding hydrogens is 689 g/mol. The van der Waals surface area contributed by atoms with E-state index in [9.17, 15) is 0 Å². The van der Waals surface area contributed by atoms with E-state index < -0.39 is 0 Å². The van der Waals surface area contributed by atoms with Crippen LogP contribution in [0.25, 0.3) is 0 Å². The molecule has 0 bridgehead atoms. The van der Waals surface area contributed by atoms with Gasteiger partial charge in [0, 0.05) is 121 Å². The third-order valence-corrected chi connectivity index (χ3v) is 12.2. The van der Waals surface area contributed by atoms with Crippen LogP contribution in [0, 0.1) is 23.7 Å². The first kappa shape index (κ1) is 38.5. The minimum Gasteiger partial charge on any atom is -0.296 e. The molecule has 0 amide bonds. The van der Waals surface area contributed by atoms with Gasteiger partial charge in [-0.3, -0.25) is 20.0 Å². The van der Waals surface area contributed by atoms with Gasteiger partial charge in [-0.2, -0.15) is 47.0 Å². The molecule has 0 unspecified atom stereocenters. The van der Waals surface area contributed by atoms with E-state index in [-0.39, 0.29) is 0 Å². The Bertz CT molecular complexity index is 1280. The number of nitrogens with zero attached hydrogens (tertiary/aromatic N) is 4. The van der Waals surface area contributed by atoms with Gasteiger partial charge in [-0.25, -0.2) is 0 Å². The lowest BCUT2D eigenvalue weighted by atomic mass is 10.0. The lowest BCUT2D eigenvalue weighted by molar-refractivity contribution is 1.09. The molecule has 1 aromatic rings. The molecule has 0 aliphatic heterocycles. The first-order valence-electron chi connectivity index (χ1n) is 17.7. The van der Waals surface area contributed by atoms with E-state index in [1.807, 2.05) is 47.0 Å². The Morgan fingerprint density at radius 3 is 0.800 bits per heavy atom. The number of hydrogen-bond acceptors (Lipinski definition) is 8. The fourth-order valence-corrected chi connectivity index (χ4v) is 8.98. The minimum absolute atomic E-state index is 0.361. The van der Waals surface area contributed by atoms with Crippen molar-refractivity contribution in [1.29, 1.82) is 0 Å². The quantitative estimate of drug-likeness (QED) is 0.0783. The summed E-state index contributed by atoms with van der Waals surface area (Å²) >= 11 is 8.00. The maximum absolute atomic E-state index is 4.70. The first-order valence-corrected chi connectivity index (χ1v) is 22.3. The average Bonchev–Trinajstić information content (AvgIpc) is 3.98. The Labute approximate surface area is 317 Å². The van der Waals surface area contributed by atoms with E-state index in [0.29, 0.717) is 23.7 Å². The Morgan fingerprint density at radius 2 is 0.580 bits per heavy atom. The van der Waals surface area contributed by atoms with Crippen molar-refractivity contribution in [3.05, 3.63) is 132 Å². The van der Waals surface area contributed by atoms with Crippen LogP contribution in [0.5, 0.6) is 0 Å². The summed E-state index contributed by atoms with van der Waals surface area (Å²) in [7, 11) is 0. The van der Waals surface area contributed by atoms with Crippen molar-refractivity contribution in [2.75, 3.05) is 49.2 Å². The van der Waals surface area contributed by atoms with Crippen LogP contribution in [0.3, 0.4) is 0 Å². The van der Waals surface area contributed by atoms with Crippen molar-refractivity contribution in [1.82, 2.24) is 0 Å². The molecule has 4 aliphatic rings. The smallest absolute Gasteiger partial charge is 0.0476 e. The SMILES string of the molecule is C1=CC(C=NCCSCc2cc(CSCCN=CC3C=CC=C3)c(CSCCN=CC3C=CC=C3)cc2CSCCN=CC2C=CC=C2)C=C1. The Kier molecular flexibility index (Phi) is 18.2. The molecule has 0 spiro atoms.